The van der Waals surface area contributed by atoms with Crippen LogP contribution in [0.5, 0.6) is 0 Å². The van der Waals surface area contributed by atoms with Gasteiger partial charge in [0.1, 0.15) is 0 Å². The average molecular weight is 368 g/mol. The molecule has 1 aromatic carbocycles. The van der Waals surface area contributed by atoms with Crippen LogP contribution in [0, 0.1) is 23.7 Å². The van der Waals surface area contributed by atoms with Gasteiger partial charge in [-0.05, 0) is 49.7 Å². The SMILES string of the molecule is O=C(Nc1ccccc1C(=O)N1CCCCC1)[C@@H]1[C@H](C(=O)O)[C@H]2C=C[C@H]1C2. The van der Waals surface area contributed by atoms with E-state index >= 15 is 0 Å². The number of carbonyl (C=O) groups is 3. The summed E-state index contributed by atoms with van der Waals surface area (Å²) in [6.45, 7) is 1.47. The zero-order valence-corrected chi connectivity index (χ0v) is 15.1. The molecule has 0 aromatic heterocycles. The summed E-state index contributed by atoms with van der Waals surface area (Å²) in [5.74, 6) is -2.70. The monoisotopic (exact) mass is 368 g/mol. The predicted molar refractivity (Wildman–Crippen MR) is 100 cm³/mol. The second kappa shape index (κ2) is 7.18. The number of hydrogen-bond donors (Lipinski definition) is 2. The van der Waals surface area contributed by atoms with Crippen molar-refractivity contribution in [2.75, 3.05) is 18.4 Å². The highest BCUT2D eigenvalue weighted by Crippen LogP contribution is 2.48. The highest BCUT2D eigenvalue weighted by atomic mass is 16.4. The van der Waals surface area contributed by atoms with E-state index in [9.17, 15) is 19.5 Å². The molecule has 4 atom stereocenters. The van der Waals surface area contributed by atoms with Gasteiger partial charge in [0.25, 0.3) is 5.91 Å². The number of piperidine rings is 1. The van der Waals surface area contributed by atoms with E-state index in [2.05, 4.69) is 5.32 Å². The maximum atomic E-state index is 12.9. The molecule has 27 heavy (non-hydrogen) atoms. The number of carboxylic acid groups (broad SMARTS) is 1. The van der Waals surface area contributed by atoms with Gasteiger partial charge in [0.15, 0.2) is 0 Å². The Labute approximate surface area is 158 Å². The number of nitrogens with zero attached hydrogens (tertiary/aromatic N) is 1. The molecule has 0 unspecified atom stereocenters. The van der Waals surface area contributed by atoms with Crippen LogP contribution in [-0.2, 0) is 9.59 Å². The van der Waals surface area contributed by atoms with Crippen molar-refractivity contribution in [3.05, 3.63) is 42.0 Å². The maximum absolute atomic E-state index is 12.9. The number of carbonyl (C=O) groups excluding carboxylic acids is 2. The molecule has 2 aliphatic carbocycles. The minimum atomic E-state index is -0.926. The van der Waals surface area contributed by atoms with Crippen molar-refractivity contribution in [2.24, 2.45) is 23.7 Å². The van der Waals surface area contributed by atoms with Crippen LogP contribution < -0.4 is 5.32 Å². The molecule has 1 aliphatic heterocycles. The number of para-hydroxylation sites is 1. The molecule has 2 fully saturated rings. The quantitative estimate of drug-likeness (QED) is 0.800. The number of benzene rings is 1. The fourth-order valence-electron chi connectivity index (χ4n) is 4.78. The zero-order chi connectivity index (χ0) is 19.0. The summed E-state index contributed by atoms with van der Waals surface area (Å²) in [5.41, 5.74) is 0.937. The smallest absolute Gasteiger partial charge is 0.307 e. The molecule has 2 bridgehead atoms. The van der Waals surface area contributed by atoms with Gasteiger partial charge >= 0.3 is 5.97 Å². The maximum Gasteiger partial charge on any atom is 0.307 e. The number of fused-ring (bicyclic) bond motifs is 2. The second-order valence-electron chi connectivity index (χ2n) is 7.73. The third-order valence-corrected chi connectivity index (χ3v) is 6.11. The molecule has 1 saturated carbocycles. The molecular formula is C21H24N2O4. The molecule has 1 aromatic rings. The predicted octanol–water partition coefficient (Wildman–Crippen LogP) is 2.77. The van der Waals surface area contributed by atoms with Gasteiger partial charge in [-0.2, -0.15) is 0 Å². The standard InChI is InChI=1S/C21H24N2O4/c24-19(17-13-8-9-14(12-13)18(17)21(26)27)22-16-7-3-2-6-15(16)20(25)23-10-4-1-5-11-23/h2-3,6-9,13-14,17-18H,1,4-5,10-12H2,(H,22,24)(H,26,27)/t13-,14-,17-,18+/m0/s1. The van der Waals surface area contributed by atoms with Crippen molar-refractivity contribution in [1.29, 1.82) is 0 Å². The molecule has 6 nitrogen and oxygen atoms in total. The fourth-order valence-corrected chi connectivity index (χ4v) is 4.78. The normalized spacial score (nSPS) is 29.0. The van der Waals surface area contributed by atoms with Crippen molar-refractivity contribution in [3.8, 4) is 0 Å². The van der Waals surface area contributed by atoms with Crippen LogP contribution in [-0.4, -0.2) is 40.9 Å². The van der Waals surface area contributed by atoms with Gasteiger partial charge in [0, 0.05) is 13.1 Å². The molecule has 2 amide bonds. The molecule has 2 N–H and O–H groups in total. The Morgan fingerprint density at radius 3 is 2.33 bits per heavy atom. The molecule has 1 heterocycles. The number of amides is 2. The highest BCUT2D eigenvalue weighted by molar-refractivity contribution is 6.05. The first-order valence-electron chi connectivity index (χ1n) is 9.66. The number of anilines is 1. The number of allylic oxidation sites excluding steroid dienone is 2. The molecule has 0 radical (unpaired) electrons. The Kier molecular flexibility index (Phi) is 4.72. The Bertz CT molecular complexity index is 797. The average Bonchev–Trinajstić information content (AvgIpc) is 3.30. The number of rotatable bonds is 4. The fraction of sp³-hybridized carbons (Fsp3) is 0.476. The van der Waals surface area contributed by atoms with Gasteiger partial charge in [0.05, 0.1) is 23.1 Å². The van der Waals surface area contributed by atoms with E-state index in [0.717, 1.165) is 32.4 Å². The second-order valence-corrected chi connectivity index (χ2v) is 7.73. The molecule has 0 spiro atoms. The van der Waals surface area contributed by atoms with Crippen molar-refractivity contribution < 1.29 is 19.5 Å². The number of nitrogens with one attached hydrogen (secondary N) is 1. The first kappa shape index (κ1) is 17.8. The van der Waals surface area contributed by atoms with Crippen LogP contribution in [0.15, 0.2) is 36.4 Å². The van der Waals surface area contributed by atoms with Gasteiger partial charge in [-0.1, -0.05) is 24.3 Å². The molecule has 4 rings (SSSR count). The van der Waals surface area contributed by atoms with Crippen molar-refractivity contribution in [3.63, 3.8) is 0 Å². The van der Waals surface area contributed by atoms with Crippen LogP contribution in [0.25, 0.3) is 0 Å². The van der Waals surface area contributed by atoms with Crippen LogP contribution in [0.2, 0.25) is 0 Å². The third kappa shape index (κ3) is 3.24. The summed E-state index contributed by atoms with van der Waals surface area (Å²) in [4.78, 5) is 39.3. The lowest BCUT2D eigenvalue weighted by Crippen LogP contribution is -2.38. The number of likely N-dealkylation sites (tertiary alicyclic amines) is 1. The number of carboxylic acids is 1. The molecule has 3 aliphatic rings. The van der Waals surface area contributed by atoms with Gasteiger partial charge < -0.3 is 15.3 Å². The molecule has 6 heteroatoms. The number of aliphatic carboxylic acids is 1. The first-order valence-corrected chi connectivity index (χ1v) is 9.66. The minimum absolute atomic E-state index is 0.0407. The Hall–Kier alpha value is -2.63. The zero-order valence-electron chi connectivity index (χ0n) is 15.1. The van der Waals surface area contributed by atoms with E-state index in [-0.39, 0.29) is 23.7 Å². The Morgan fingerprint density at radius 2 is 1.63 bits per heavy atom. The largest absolute Gasteiger partial charge is 0.481 e. The molecule has 142 valence electrons. The van der Waals surface area contributed by atoms with Crippen LogP contribution in [0.3, 0.4) is 0 Å². The van der Waals surface area contributed by atoms with E-state index in [0.29, 0.717) is 17.7 Å². The summed E-state index contributed by atoms with van der Waals surface area (Å²) >= 11 is 0. The van der Waals surface area contributed by atoms with Crippen molar-refractivity contribution >= 4 is 23.5 Å². The summed E-state index contributed by atoms with van der Waals surface area (Å²) in [6, 6.07) is 7.00. The van der Waals surface area contributed by atoms with E-state index in [4.69, 9.17) is 0 Å². The Balaban J connectivity index is 1.54. The van der Waals surface area contributed by atoms with Gasteiger partial charge in [-0.15, -0.1) is 0 Å². The van der Waals surface area contributed by atoms with Crippen molar-refractivity contribution in [2.45, 2.75) is 25.7 Å². The molecule has 1 saturated heterocycles. The lowest BCUT2D eigenvalue weighted by Gasteiger charge is -2.28. The van der Waals surface area contributed by atoms with Gasteiger partial charge in [-0.3, -0.25) is 14.4 Å². The van der Waals surface area contributed by atoms with Gasteiger partial charge in [0.2, 0.25) is 5.91 Å². The third-order valence-electron chi connectivity index (χ3n) is 6.11. The van der Waals surface area contributed by atoms with E-state index < -0.39 is 17.8 Å². The van der Waals surface area contributed by atoms with Crippen LogP contribution in [0.1, 0.15) is 36.0 Å². The van der Waals surface area contributed by atoms with E-state index in [1.54, 1.807) is 24.3 Å². The van der Waals surface area contributed by atoms with E-state index in [1.807, 2.05) is 17.1 Å². The van der Waals surface area contributed by atoms with E-state index in [1.165, 1.54) is 0 Å². The number of hydrogen-bond acceptors (Lipinski definition) is 3. The van der Waals surface area contributed by atoms with Crippen LogP contribution in [0.4, 0.5) is 5.69 Å². The topological polar surface area (TPSA) is 86.7 Å². The lowest BCUT2D eigenvalue weighted by atomic mass is 9.82. The Morgan fingerprint density at radius 1 is 0.963 bits per heavy atom. The van der Waals surface area contributed by atoms with Crippen LogP contribution >= 0.6 is 0 Å². The summed E-state index contributed by atoms with van der Waals surface area (Å²) in [5, 5.41) is 12.4. The lowest BCUT2D eigenvalue weighted by molar-refractivity contribution is -0.146. The molecular weight excluding hydrogens is 344 g/mol. The summed E-state index contributed by atoms with van der Waals surface area (Å²) in [7, 11) is 0. The summed E-state index contributed by atoms with van der Waals surface area (Å²) < 4.78 is 0. The summed E-state index contributed by atoms with van der Waals surface area (Å²) in [6.07, 6.45) is 7.72. The van der Waals surface area contributed by atoms with Crippen molar-refractivity contribution in [1.82, 2.24) is 4.90 Å². The van der Waals surface area contributed by atoms with Gasteiger partial charge in [-0.25, -0.2) is 0 Å². The minimum Gasteiger partial charge on any atom is -0.481 e. The first-order chi connectivity index (χ1) is 13.1. The highest BCUT2D eigenvalue weighted by Gasteiger charge is 2.51.